The van der Waals surface area contributed by atoms with Gasteiger partial charge in [0.15, 0.2) is 11.0 Å². The number of nitrogens with zero attached hydrogens (tertiary/aromatic N) is 4. The van der Waals surface area contributed by atoms with Gasteiger partial charge in [-0.25, -0.2) is 9.18 Å². The van der Waals surface area contributed by atoms with E-state index in [9.17, 15) is 9.90 Å². The number of halogens is 3. The van der Waals surface area contributed by atoms with Crippen LogP contribution in [0.4, 0.5) is 15.0 Å². The van der Waals surface area contributed by atoms with Gasteiger partial charge in [-0.1, -0.05) is 111 Å². The van der Waals surface area contributed by atoms with Crippen molar-refractivity contribution in [3.05, 3.63) is 107 Å². The van der Waals surface area contributed by atoms with Crippen molar-refractivity contribution in [1.82, 2.24) is 15.1 Å². The van der Waals surface area contributed by atoms with Crippen LogP contribution in [-0.4, -0.2) is 60.8 Å². The van der Waals surface area contributed by atoms with Crippen LogP contribution in [0.3, 0.4) is 0 Å². The molecule has 0 saturated carbocycles. The molecule has 236 valence electrons. The Morgan fingerprint density at radius 3 is 2.02 bits per heavy atom. The number of benzene rings is 4. The van der Waals surface area contributed by atoms with Crippen molar-refractivity contribution in [1.29, 1.82) is 0 Å². The van der Waals surface area contributed by atoms with Gasteiger partial charge in [-0.05, 0) is 39.7 Å². The van der Waals surface area contributed by atoms with Gasteiger partial charge in [-0.15, -0.1) is 10.2 Å². The summed E-state index contributed by atoms with van der Waals surface area (Å²) in [6.07, 6.45) is -0.958. The number of rotatable bonds is 6. The number of amides is 1. The highest BCUT2D eigenvalue weighted by molar-refractivity contribution is 7.00. The molecule has 4 aromatic carbocycles. The van der Waals surface area contributed by atoms with Crippen molar-refractivity contribution < 1.29 is 18.7 Å². The zero-order chi connectivity index (χ0) is 32.6. The molecule has 1 saturated heterocycles. The molecule has 0 spiro atoms. The summed E-state index contributed by atoms with van der Waals surface area (Å²) in [4.78, 5) is 14.8. The minimum absolute atomic E-state index is 0.145. The van der Waals surface area contributed by atoms with Crippen LogP contribution in [0.15, 0.2) is 91.0 Å². The van der Waals surface area contributed by atoms with Crippen molar-refractivity contribution in [2.75, 3.05) is 31.1 Å². The number of hydrogen-bond donors (Lipinski definition) is 1. The number of carbonyl (C=O) groups is 1. The average Bonchev–Trinajstić information content (AvgIpc) is 3.04. The van der Waals surface area contributed by atoms with Crippen LogP contribution in [0.5, 0.6) is 5.75 Å². The molecule has 0 radical (unpaired) electrons. The number of piperazine rings is 1. The van der Waals surface area contributed by atoms with Crippen LogP contribution in [0.2, 0.25) is 15.2 Å². The van der Waals surface area contributed by atoms with Crippen molar-refractivity contribution in [2.45, 2.75) is 25.8 Å². The highest BCUT2D eigenvalue weighted by atomic mass is 35.5. The van der Waals surface area contributed by atoms with Gasteiger partial charge in [0.05, 0.1) is 5.56 Å². The lowest BCUT2D eigenvalue weighted by molar-refractivity contribution is 0.142. The Morgan fingerprint density at radius 1 is 0.848 bits per heavy atom. The first kappa shape index (κ1) is 31.8. The molecule has 5 aromatic rings. The number of fused-ring (bicyclic) bond motifs is 1. The molecule has 6 rings (SSSR count). The van der Waals surface area contributed by atoms with Gasteiger partial charge in [0, 0.05) is 47.5 Å². The van der Waals surface area contributed by atoms with Crippen LogP contribution in [0, 0.1) is 5.82 Å². The van der Waals surface area contributed by atoms with Crippen molar-refractivity contribution >= 4 is 64.6 Å². The summed E-state index contributed by atoms with van der Waals surface area (Å²) in [5.74, 6) is 0.425. The zero-order valence-electron chi connectivity index (χ0n) is 25.7. The molecular weight excluding hydrogens is 642 g/mol. The Morgan fingerprint density at radius 2 is 1.46 bits per heavy atom. The van der Waals surface area contributed by atoms with E-state index in [1.807, 2.05) is 41.3 Å². The Hall–Kier alpha value is -4.18. The number of aromatic nitrogens is 2. The Bertz CT molecular complexity index is 1860. The molecule has 0 aliphatic carbocycles. The van der Waals surface area contributed by atoms with Gasteiger partial charge in [-0.2, -0.15) is 0 Å². The summed E-state index contributed by atoms with van der Waals surface area (Å²) in [6.45, 7) is 8.00. The van der Waals surface area contributed by atoms with Gasteiger partial charge in [0.1, 0.15) is 11.6 Å². The van der Waals surface area contributed by atoms with Gasteiger partial charge in [-0.3, -0.25) is 0 Å². The van der Waals surface area contributed by atoms with E-state index in [0.717, 1.165) is 10.4 Å². The lowest BCUT2D eigenvalue weighted by atomic mass is 10.0. The summed E-state index contributed by atoms with van der Waals surface area (Å²) in [5, 5.41) is 21.3. The van der Waals surface area contributed by atoms with E-state index in [4.69, 9.17) is 27.6 Å². The highest BCUT2D eigenvalue weighted by Crippen LogP contribution is 2.45. The number of carboxylic acid groups (broad SMARTS) is 1. The predicted octanol–water partition coefficient (Wildman–Crippen LogP) is 7.48. The van der Waals surface area contributed by atoms with Crippen LogP contribution in [-0.2, 0) is 0 Å². The first-order valence-corrected chi connectivity index (χ1v) is 17.6. The third-order valence-electron chi connectivity index (χ3n) is 8.58. The van der Waals surface area contributed by atoms with Gasteiger partial charge < -0.3 is 19.3 Å². The van der Waals surface area contributed by atoms with Crippen LogP contribution in [0.1, 0.15) is 20.8 Å². The molecule has 0 atom stereocenters. The summed E-state index contributed by atoms with van der Waals surface area (Å²) in [7, 11) is -3.12. The minimum Gasteiger partial charge on any atom is -0.533 e. The molecule has 46 heavy (non-hydrogen) atoms. The molecule has 1 aliphatic heterocycles. The molecule has 1 amide bonds. The van der Waals surface area contributed by atoms with E-state index in [0.29, 0.717) is 59.1 Å². The molecule has 11 heteroatoms. The van der Waals surface area contributed by atoms with E-state index < -0.39 is 20.2 Å². The second-order valence-electron chi connectivity index (χ2n) is 12.3. The van der Waals surface area contributed by atoms with E-state index in [1.54, 1.807) is 24.3 Å². The summed E-state index contributed by atoms with van der Waals surface area (Å²) < 4.78 is 23.4. The average molecular weight is 676 g/mol. The standard InChI is InChI=1S/C35H33Cl2FN4O3Si/c1-35(2,3)46(23-11-6-4-7-12-23,24-13-8-5-9-14-24)45-30-16-10-15-29(38)31(30)27-21-25-26(22-28(27)36)33(40-39-32(25)37)41-17-19-42(20-18-41)34(43)44/h4-16,21-22H,17-20H2,1-3H3,(H,43,44). The first-order chi connectivity index (χ1) is 22.0. The largest absolute Gasteiger partial charge is 0.533 e. The van der Waals surface area contributed by atoms with Crippen LogP contribution in [0.25, 0.3) is 21.9 Å². The maximum atomic E-state index is 16.1. The maximum absolute atomic E-state index is 16.1. The molecule has 7 nitrogen and oxygen atoms in total. The number of anilines is 1. The first-order valence-electron chi connectivity index (χ1n) is 15.0. The third-order valence-corrected chi connectivity index (χ3v) is 14.1. The topological polar surface area (TPSA) is 78.8 Å². The predicted molar refractivity (Wildman–Crippen MR) is 185 cm³/mol. The quantitative estimate of drug-likeness (QED) is 0.188. The summed E-state index contributed by atoms with van der Waals surface area (Å²) in [6, 6.07) is 28.6. The molecule has 0 bridgehead atoms. The molecule has 1 aliphatic rings. The normalized spacial score (nSPS) is 14.0. The minimum atomic E-state index is -3.12. The second-order valence-corrected chi connectivity index (χ2v) is 17.3. The van der Waals surface area contributed by atoms with Crippen LogP contribution < -0.4 is 19.7 Å². The SMILES string of the molecule is CC(C)(C)[Si](Oc1cccc(F)c1-c1cc2c(Cl)nnc(N3CCN(C(=O)O)CC3)c2cc1Cl)(c1ccccc1)c1ccccc1. The lowest BCUT2D eigenvalue weighted by Gasteiger charge is -2.43. The van der Waals surface area contributed by atoms with Crippen molar-refractivity contribution in [2.24, 2.45) is 0 Å². The molecule has 2 heterocycles. The molecule has 1 aromatic heterocycles. The fourth-order valence-electron chi connectivity index (χ4n) is 6.33. The van der Waals surface area contributed by atoms with Crippen LogP contribution >= 0.6 is 23.2 Å². The van der Waals surface area contributed by atoms with Gasteiger partial charge >= 0.3 is 14.4 Å². The monoisotopic (exact) mass is 674 g/mol. The molecule has 1 N–H and O–H groups in total. The second kappa shape index (κ2) is 12.5. The van der Waals surface area contributed by atoms with Crippen molar-refractivity contribution in [3.8, 4) is 16.9 Å². The third kappa shape index (κ3) is 5.68. The smallest absolute Gasteiger partial charge is 0.407 e. The maximum Gasteiger partial charge on any atom is 0.407 e. The molecule has 0 unspecified atom stereocenters. The lowest BCUT2D eigenvalue weighted by Crippen LogP contribution is -2.68. The Labute approximate surface area is 278 Å². The fraction of sp³-hybridized carbons (Fsp3) is 0.229. The number of hydrogen-bond acceptors (Lipinski definition) is 5. The Balaban J connectivity index is 1.51. The van der Waals surface area contributed by atoms with E-state index in [-0.39, 0.29) is 15.8 Å². The fourth-order valence-corrected chi connectivity index (χ4v) is 11.2. The molecule has 1 fully saturated rings. The van der Waals surface area contributed by atoms with Gasteiger partial charge in [0.2, 0.25) is 0 Å². The zero-order valence-corrected chi connectivity index (χ0v) is 28.2. The highest BCUT2D eigenvalue weighted by Gasteiger charge is 2.52. The summed E-state index contributed by atoms with van der Waals surface area (Å²) in [5.41, 5.74) is 0.642. The van der Waals surface area contributed by atoms with Gasteiger partial charge in [0.25, 0.3) is 0 Å². The van der Waals surface area contributed by atoms with E-state index in [2.05, 4.69) is 55.2 Å². The summed E-state index contributed by atoms with van der Waals surface area (Å²) >= 11 is 13.6. The Kier molecular flexibility index (Phi) is 8.67. The van der Waals surface area contributed by atoms with E-state index in [1.165, 1.54) is 11.0 Å². The van der Waals surface area contributed by atoms with Crippen molar-refractivity contribution in [3.63, 3.8) is 0 Å². The molecular formula is C35H33Cl2FN4O3Si. The van der Waals surface area contributed by atoms with E-state index >= 15 is 4.39 Å².